The first-order valence-electron chi connectivity index (χ1n) is 6.51. The lowest BCUT2D eigenvalue weighted by Crippen LogP contribution is -1.96. The fraction of sp³-hybridized carbons (Fsp3) is 0. The van der Waals surface area contributed by atoms with Gasteiger partial charge in [-0.25, -0.2) is 9.97 Å². The van der Waals surface area contributed by atoms with E-state index in [4.69, 9.17) is 5.26 Å². The zero-order chi connectivity index (χ0) is 14.5. The Morgan fingerprint density at radius 3 is 2.38 bits per heavy atom. The highest BCUT2D eigenvalue weighted by Gasteiger charge is 2.02. The Labute approximate surface area is 122 Å². The van der Waals surface area contributed by atoms with E-state index in [9.17, 15) is 0 Å². The first-order valence-corrected chi connectivity index (χ1v) is 6.51. The number of hydrogen-bond acceptors (Lipinski definition) is 4. The molecular weight excluding hydrogens is 260 g/mol. The third-order valence-corrected chi connectivity index (χ3v) is 2.97. The standard InChI is InChI=1S/C17H12N4/c18-12-13-6-8-15(9-7-13)20-16-10-11-19-17(21-16)14-4-2-1-3-5-14/h1-11H,(H,19,20,21). The normalized spacial score (nSPS) is 9.86. The van der Waals surface area contributed by atoms with E-state index in [1.54, 1.807) is 18.3 Å². The summed E-state index contributed by atoms with van der Waals surface area (Å²) in [5.41, 5.74) is 2.49. The first-order chi connectivity index (χ1) is 10.3. The minimum atomic E-state index is 0.633. The second kappa shape index (κ2) is 5.85. The van der Waals surface area contributed by atoms with Gasteiger partial charge in [-0.15, -0.1) is 0 Å². The average molecular weight is 272 g/mol. The van der Waals surface area contributed by atoms with Crippen molar-refractivity contribution in [3.63, 3.8) is 0 Å². The van der Waals surface area contributed by atoms with E-state index in [0.717, 1.165) is 11.3 Å². The summed E-state index contributed by atoms with van der Waals surface area (Å²) in [6.07, 6.45) is 1.72. The maximum absolute atomic E-state index is 8.79. The van der Waals surface area contributed by atoms with Crippen LogP contribution in [-0.4, -0.2) is 9.97 Å². The van der Waals surface area contributed by atoms with Crippen LogP contribution in [0.2, 0.25) is 0 Å². The van der Waals surface area contributed by atoms with Gasteiger partial charge in [-0.05, 0) is 30.3 Å². The Bertz CT molecular complexity index is 774. The zero-order valence-corrected chi connectivity index (χ0v) is 11.2. The van der Waals surface area contributed by atoms with E-state index in [1.807, 2.05) is 48.5 Å². The van der Waals surface area contributed by atoms with Crippen molar-refractivity contribution in [3.8, 4) is 17.5 Å². The van der Waals surface area contributed by atoms with Crippen LogP contribution in [0.4, 0.5) is 11.5 Å². The van der Waals surface area contributed by atoms with Crippen molar-refractivity contribution in [3.05, 3.63) is 72.4 Å². The first kappa shape index (κ1) is 12.8. The molecule has 2 aromatic carbocycles. The van der Waals surface area contributed by atoms with E-state index < -0.39 is 0 Å². The predicted octanol–water partition coefficient (Wildman–Crippen LogP) is 3.76. The van der Waals surface area contributed by atoms with Crippen molar-refractivity contribution in [2.75, 3.05) is 5.32 Å². The second-order valence-corrected chi connectivity index (χ2v) is 4.45. The molecule has 0 aliphatic heterocycles. The zero-order valence-electron chi connectivity index (χ0n) is 11.2. The number of aromatic nitrogens is 2. The molecule has 3 aromatic rings. The molecule has 0 fully saturated rings. The van der Waals surface area contributed by atoms with Gasteiger partial charge in [0.2, 0.25) is 0 Å². The van der Waals surface area contributed by atoms with Crippen LogP contribution < -0.4 is 5.32 Å². The predicted molar refractivity (Wildman–Crippen MR) is 81.9 cm³/mol. The maximum Gasteiger partial charge on any atom is 0.161 e. The van der Waals surface area contributed by atoms with Crippen molar-refractivity contribution in [1.82, 2.24) is 9.97 Å². The van der Waals surface area contributed by atoms with Gasteiger partial charge in [-0.1, -0.05) is 30.3 Å². The van der Waals surface area contributed by atoms with Gasteiger partial charge in [0.25, 0.3) is 0 Å². The van der Waals surface area contributed by atoms with Crippen molar-refractivity contribution in [2.45, 2.75) is 0 Å². The van der Waals surface area contributed by atoms with Crippen molar-refractivity contribution in [2.24, 2.45) is 0 Å². The molecular formula is C17H12N4. The molecule has 0 saturated carbocycles. The molecule has 4 nitrogen and oxygen atoms in total. The minimum absolute atomic E-state index is 0.633. The summed E-state index contributed by atoms with van der Waals surface area (Å²) in [6, 6.07) is 21.0. The summed E-state index contributed by atoms with van der Waals surface area (Å²) in [5.74, 6) is 1.39. The lowest BCUT2D eigenvalue weighted by atomic mass is 10.2. The van der Waals surface area contributed by atoms with Crippen molar-refractivity contribution in [1.29, 1.82) is 5.26 Å². The molecule has 3 rings (SSSR count). The number of benzene rings is 2. The lowest BCUT2D eigenvalue weighted by Gasteiger charge is -2.07. The van der Waals surface area contributed by atoms with E-state index in [1.165, 1.54) is 0 Å². The molecule has 0 atom stereocenters. The lowest BCUT2D eigenvalue weighted by molar-refractivity contribution is 1.17. The Balaban J connectivity index is 1.85. The van der Waals surface area contributed by atoms with Crippen LogP contribution >= 0.6 is 0 Å². The van der Waals surface area contributed by atoms with Crippen LogP contribution in [0.15, 0.2) is 66.9 Å². The van der Waals surface area contributed by atoms with Gasteiger partial charge in [0.05, 0.1) is 11.6 Å². The summed E-state index contributed by atoms with van der Waals surface area (Å²) in [4.78, 5) is 8.78. The molecule has 1 N–H and O–H groups in total. The topological polar surface area (TPSA) is 61.6 Å². The molecule has 0 bridgehead atoms. The molecule has 0 saturated heterocycles. The molecule has 21 heavy (non-hydrogen) atoms. The molecule has 1 heterocycles. The summed E-state index contributed by atoms with van der Waals surface area (Å²) in [5, 5.41) is 12.0. The van der Waals surface area contributed by atoms with Gasteiger partial charge in [-0.2, -0.15) is 5.26 Å². The number of nitrogens with one attached hydrogen (secondary N) is 1. The Kier molecular flexibility index (Phi) is 3.57. The summed E-state index contributed by atoms with van der Waals surface area (Å²) in [6.45, 7) is 0. The fourth-order valence-corrected chi connectivity index (χ4v) is 1.93. The molecule has 0 spiro atoms. The molecule has 0 aliphatic rings. The van der Waals surface area contributed by atoms with Crippen molar-refractivity contribution < 1.29 is 0 Å². The van der Waals surface area contributed by atoms with Crippen LogP contribution in [0.1, 0.15) is 5.56 Å². The van der Waals surface area contributed by atoms with Crippen LogP contribution in [0.3, 0.4) is 0 Å². The monoisotopic (exact) mass is 272 g/mol. The van der Waals surface area contributed by atoms with Gasteiger partial charge in [0.1, 0.15) is 5.82 Å². The smallest absolute Gasteiger partial charge is 0.161 e. The van der Waals surface area contributed by atoms with Crippen LogP contribution in [-0.2, 0) is 0 Å². The highest BCUT2D eigenvalue weighted by molar-refractivity contribution is 5.61. The molecule has 4 heteroatoms. The largest absolute Gasteiger partial charge is 0.340 e. The Hall–Kier alpha value is -3.19. The molecule has 0 unspecified atom stereocenters. The second-order valence-electron chi connectivity index (χ2n) is 4.45. The van der Waals surface area contributed by atoms with E-state index in [-0.39, 0.29) is 0 Å². The minimum Gasteiger partial charge on any atom is -0.340 e. The summed E-state index contributed by atoms with van der Waals surface area (Å²) < 4.78 is 0. The molecule has 1 aromatic heterocycles. The van der Waals surface area contributed by atoms with Gasteiger partial charge in [-0.3, -0.25) is 0 Å². The maximum atomic E-state index is 8.79. The van der Waals surface area contributed by atoms with Crippen molar-refractivity contribution >= 4 is 11.5 Å². The number of hydrogen-bond donors (Lipinski definition) is 1. The third-order valence-electron chi connectivity index (χ3n) is 2.97. The van der Waals surface area contributed by atoms with Gasteiger partial charge < -0.3 is 5.32 Å². The number of rotatable bonds is 3. The van der Waals surface area contributed by atoms with Crippen LogP contribution in [0, 0.1) is 11.3 Å². The molecule has 0 radical (unpaired) electrons. The van der Waals surface area contributed by atoms with Crippen LogP contribution in [0.5, 0.6) is 0 Å². The number of nitrogens with zero attached hydrogens (tertiary/aromatic N) is 3. The third kappa shape index (κ3) is 3.04. The molecule has 100 valence electrons. The SMILES string of the molecule is N#Cc1ccc(Nc2ccnc(-c3ccccc3)n2)cc1. The quantitative estimate of drug-likeness (QED) is 0.788. The summed E-state index contributed by atoms with van der Waals surface area (Å²) >= 11 is 0. The Morgan fingerprint density at radius 1 is 0.905 bits per heavy atom. The van der Waals surface area contributed by atoms with E-state index in [2.05, 4.69) is 21.4 Å². The Morgan fingerprint density at radius 2 is 1.67 bits per heavy atom. The highest BCUT2D eigenvalue weighted by atomic mass is 15.0. The van der Waals surface area contributed by atoms with E-state index in [0.29, 0.717) is 17.2 Å². The number of anilines is 2. The van der Waals surface area contributed by atoms with Gasteiger partial charge >= 0.3 is 0 Å². The van der Waals surface area contributed by atoms with E-state index >= 15 is 0 Å². The molecule has 0 aliphatic carbocycles. The molecule has 0 amide bonds. The average Bonchev–Trinajstić information content (AvgIpc) is 2.57. The summed E-state index contributed by atoms with van der Waals surface area (Å²) in [7, 11) is 0. The highest BCUT2D eigenvalue weighted by Crippen LogP contribution is 2.19. The van der Waals surface area contributed by atoms with Gasteiger partial charge in [0, 0.05) is 17.4 Å². The fourth-order valence-electron chi connectivity index (χ4n) is 1.93. The number of nitriles is 1. The van der Waals surface area contributed by atoms with Gasteiger partial charge in [0.15, 0.2) is 5.82 Å². The van der Waals surface area contributed by atoms with Crippen LogP contribution in [0.25, 0.3) is 11.4 Å².